The minimum atomic E-state index is -0.441. The largest absolute Gasteiger partial charge is 0.465 e. The molecule has 2 atom stereocenters. The van der Waals surface area contributed by atoms with Gasteiger partial charge in [0, 0.05) is 16.4 Å². The van der Waals surface area contributed by atoms with E-state index in [4.69, 9.17) is 11.6 Å². The van der Waals surface area contributed by atoms with Gasteiger partial charge in [0.25, 0.3) is 0 Å². The maximum atomic E-state index is 12.3. The van der Waals surface area contributed by atoms with E-state index >= 15 is 0 Å². The van der Waals surface area contributed by atoms with Crippen molar-refractivity contribution in [1.29, 1.82) is 0 Å². The van der Waals surface area contributed by atoms with E-state index in [2.05, 4.69) is 15.4 Å². The first-order valence-corrected chi connectivity index (χ1v) is 8.41. The van der Waals surface area contributed by atoms with Gasteiger partial charge in [0.2, 0.25) is 11.8 Å². The summed E-state index contributed by atoms with van der Waals surface area (Å²) in [4.78, 5) is 35.9. The number of hydrogen-bond donors (Lipinski definition) is 2. The normalized spacial score (nSPS) is 17.9. The summed E-state index contributed by atoms with van der Waals surface area (Å²) < 4.78 is 4.62. The van der Waals surface area contributed by atoms with Crippen LogP contribution in [0.1, 0.15) is 16.8 Å². The molecule has 6 nitrogen and oxygen atoms in total. The molecule has 1 aliphatic carbocycles. The first-order chi connectivity index (χ1) is 12.5. The standard InChI is InChI=1S/C19H17ClN2O4/c1-26-19(25)11-2-6-13(7-3-11)21-17(23)15-10-16(15)18(24)22-14-8-4-12(20)5-9-14/h2-9,15-16H,10H2,1H3,(H,21,23)(H,22,24). The molecular weight excluding hydrogens is 356 g/mol. The SMILES string of the molecule is COC(=O)c1ccc(NC(=O)C2CC2C(=O)Nc2ccc(Cl)cc2)cc1. The van der Waals surface area contributed by atoms with Crippen LogP contribution in [0.15, 0.2) is 48.5 Å². The van der Waals surface area contributed by atoms with Crippen LogP contribution in [-0.4, -0.2) is 24.9 Å². The Bertz CT molecular complexity index is 834. The molecule has 2 aromatic rings. The van der Waals surface area contributed by atoms with E-state index in [-0.39, 0.29) is 23.7 Å². The second-order valence-corrected chi connectivity index (χ2v) is 6.44. The van der Waals surface area contributed by atoms with E-state index in [1.807, 2.05) is 0 Å². The number of esters is 1. The average molecular weight is 373 g/mol. The summed E-state index contributed by atoms with van der Waals surface area (Å²) in [5.74, 6) is -1.55. The summed E-state index contributed by atoms with van der Waals surface area (Å²) in [6.45, 7) is 0. The molecule has 2 amide bonds. The topological polar surface area (TPSA) is 84.5 Å². The Morgan fingerprint density at radius 3 is 1.81 bits per heavy atom. The van der Waals surface area contributed by atoms with Gasteiger partial charge in [-0.15, -0.1) is 0 Å². The van der Waals surface area contributed by atoms with Gasteiger partial charge < -0.3 is 15.4 Å². The van der Waals surface area contributed by atoms with Gasteiger partial charge in [-0.2, -0.15) is 0 Å². The Labute approximate surface area is 155 Å². The number of carbonyl (C=O) groups excluding carboxylic acids is 3. The number of anilines is 2. The molecule has 7 heteroatoms. The molecule has 0 heterocycles. The van der Waals surface area contributed by atoms with E-state index in [9.17, 15) is 14.4 Å². The van der Waals surface area contributed by atoms with Gasteiger partial charge >= 0.3 is 5.97 Å². The summed E-state index contributed by atoms with van der Waals surface area (Å²) in [6, 6.07) is 13.2. The first-order valence-electron chi connectivity index (χ1n) is 8.03. The third-order valence-electron chi connectivity index (χ3n) is 4.15. The van der Waals surface area contributed by atoms with Crippen molar-refractivity contribution in [2.75, 3.05) is 17.7 Å². The number of ether oxygens (including phenoxy) is 1. The predicted molar refractivity (Wildman–Crippen MR) is 98.1 cm³/mol. The minimum Gasteiger partial charge on any atom is -0.465 e. The molecule has 0 radical (unpaired) electrons. The molecule has 134 valence electrons. The highest BCUT2D eigenvalue weighted by Crippen LogP contribution is 2.40. The van der Waals surface area contributed by atoms with Crippen molar-refractivity contribution in [3.8, 4) is 0 Å². The molecule has 0 aromatic heterocycles. The Hall–Kier alpha value is -2.86. The lowest BCUT2D eigenvalue weighted by Crippen LogP contribution is -2.20. The molecule has 2 N–H and O–H groups in total. The van der Waals surface area contributed by atoms with Crippen molar-refractivity contribution in [3.63, 3.8) is 0 Å². The molecular formula is C19H17ClN2O4. The van der Waals surface area contributed by atoms with Crippen LogP contribution >= 0.6 is 11.6 Å². The predicted octanol–water partition coefficient (Wildman–Crippen LogP) is 3.34. The van der Waals surface area contributed by atoms with Gasteiger partial charge in [0.05, 0.1) is 24.5 Å². The molecule has 1 saturated carbocycles. The number of methoxy groups -OCH3 is 1. The smallest absolute Gasteiger partial charge is 0.337 e. The molecule has 0 saturated heterocycles. The molecule has 1 fully saturated rings. The van der Waals surface area contributed by atoms with Crippen LogP contribution in [0.25, 0.3) is 0 Å². The van der Waals surface area contributed by atoms with Gasteiger partial charge in [-0.3, -0.25) is 9.59 Å². The van der Waals surface area contributed by atoms with Crippen molar-refractivity contribution >= 4 is 40.8 Å². The molecule has 1 aliphatic rings. The quantitative estimate of drug-likeness (QED) is 0.788. The van der Waals surface area contributed by atoms with E-state index in [0.29, 0.717) is 28.4 Å². The zero-order valence-electron chi connectivity index (χ0n) is 14.0. The van der Waals surface area contributed by atoms with Crippen molar-refractivity contribution in [2.45, 2.75) is 6.42 Å². The Morgan fingerprint density at radius 1 is 0.885 bits per heavy atom. The first kappa shape index (κ1) is 17.9. The summed E-state index contributed by atoms with van der Waals surface area (Å²) in [7, 11) is 1.31. The molecule has 26 heavy (non-hydrogen) atoms. The summed E-state index contributed by atoms with van der Waals surface area (Å²) in [6.07, 6.45) is 0.505. The van der Waals surface area contributed by atoms with Gasteiger partial charge in [-0.1, -0.05) is 11.6 Å². The zero-order valence-corrected chi connectivity index (χ0v) is 14.7. The summed E-state index contributed by atoms with van der Waals surface area (Å²) in [5, 5.41) is 6.12. The summed E-state index contributed by atoms with van der Waals surface area (Å²) >= 11 is 5.81. The number of amides is 2. The lowest BCUT2D eigenvalue weighted by Gasteiger charge is -2.07. The average Bonchev–Trinajstić information content (AvgIpc) is 3.45. The van der Waals surface area contributed by atoms with Crippen LogP contribution in [0.3, 0.4) is 0 Å². The highest BCUT2D eigenvalue weighted by atomic mass is 35.5. The second kappa shape index (κ2) is 7.58. The number of rotatable bonds is 5. The van der Waals surface area contributed by atoms with Crippen molar-refractivity contribution < 1.29 is 19.1 Å². The van der Waals surface area contributed by atoms with Gasteiger partial charge in [-0.05, 0) is 55.0 Å². The monoisotopic (exact) mass is 372 g/mol. The van der Waals surface area contributed by atoms with Crippen LogP contribution in [0.4, 0.5) is 11.4 Å². The fourth-order valence-electron chi connectivity index (χ4n) is 2.59. The van der Waals surface area contributed by atoms with Gasteiger partial charge in [0.15, 0.2) is 0 Å². The zero-order chi connectivity index (χ0) is 18.7. The molecule has 0 aliphatic heterocycles. The van der Waals surface area contributed by atoms with Crippen molar-refractivity contribution in [3.05, 3.63) is 59.1 Å². The molecule has 3 rings (SSSR count). The van der Waals surface area contributed by atoms with Gasteiger partial charge in [-0.25, -0.2) is 4.79 Å². The van der Waals surface area contributed by atoms with E-state index < -0.39 is 5.97 Å². The number of carbonyl (C=O) groups is 3. The van der Waals surface area contributed by atoms with Crippen LogP contribution in [0.5, 0.6) is 0 Å². The van der Waals surface area contributed by atoms with Crippen LogP contribution in [0.2, 0.25) is 5.02 Å². The fourth-order valence-corrected chi connectivity index (χ4v) is 2.71. The lowest BCUT2D eigenvalue weighted by atomic mass is 10.2. The number of halogens is 1. The van der Waals surface area contributed by atoms with Crippen LogP contribution < -0.4 is 10.6 Å². The molecule has 0 bridgehead atoms. The molecule has 2 unspecified atom stereocenters. The summed E-state index contributed by atoms with van der Waals surface area (Å²) in [5.41, 5.74) is 1.60. The molecule has 0 spiro atoms. The van der Waals surface area contributed by atoms with E-state index in [0.717, 1.165) is 0 Å². The Morgan fingerprint density at radius 2 is 1.35 bits per heavy atom. The number of hydrogen-bond acceptors (Lipinski definition) is 4. The Kier molecular flexibility index (Phi) is 5.23. The molecule has 2 aromatic carbocycles. The van der Waals surface area contributed by atoms with Crippen LogP contribution in [0, 0.1) is 11.8 Å². The third kappa shape index (κ3) is 4.21. The van der Waals surface area contributed by atoms with Crippen molar-refractivity contribution in [1.82, 2.24) is 0 Å². The second-order valence-electron chi connectivity index (χ2n) is 6.00. The maximum Gasteiger partial charge on any atom is 0.337 e. The van der Waals surface area contributed by atoms with Crippen LogP contribution in [-0.2, 0) is 14.3 Å². The van der Waals surface area contributed by atoms with Crippen molar-refractivity contribution in [2.24, 2.45) is 11.8 Å². The highest BCUT2D eigenvalue weighted by Gasteiger charge is 2.48. The Balaban J connectivity index is 1.53. The van der Waals surface area contributed by atoms with E-state index in [1.165, 1.54) is 7.11 Å². The number of benzene rings is 2. The maximum absolute atomic E-state index is 12.3. The van der Waals surface area contributed by atoms with E-state index in [1.54, 1.807) is 48.5 Å². The van der Waals surface area contributed by atoms with Gasteiger partial charge in [0.1, 0.15) is 0 Å². The fraction of sp³-hybridized carbons (Fsp3) is 0.211. The highest BCUT2D eigenvalue weighted by molar-refractivity contribution is 6.30. The lowest BCUT2D eigenvalue weighted by molar-refractivity contribution is -0.122. The third-order valence-corrected chi connectivity index (χ3v) is 4.40. The minimum absolute atomic E-state index is 0.187. The number of nitrogens with one attached hydrogen (secondary N) is 2.